The lowest BCUT2D eigenvalue weighted by Crippen LogP contribution is -2.49. The van der Waals surface area contributed by atoms with Crippen molar-refractivity contribution in [1.82, 2.24) is 14.9 Å². The van der Waals surface area contributed by atoms with Crippen LogP contribution >= 0.6 is 0 Å². The molecule has 0 saturated carbocycles. The molecule has 0 saturated heterocycles. The van der Waals surface area contributed by atoms with Crippen LogP contribution in [-0.2, 0) is 28.0 Å². The summed E-state index contributed by atoms with van der Waals surface area (Å²) in [5, 5.41) is 12.4. The first-order valence-corrected chi connectivity index (χ1v) is 14.5. The molecule has 4 N–H and O–H groups in total. The molecule has 0 aliphatic heterocycles. The van der Waals surface area contributed by atoms with Gasteiger partial charge in [-0.15, -0.1) is 0 Å². The van der Waals surface area contributed by atoms with Crippen LogP contribution in [0.25, 0.3) is 0 Å². The Labute approximate surface area is 252 Å². The highest BCUT2D eigenvalue weighted by molar-refractivity contribution is 5.87. The van der Waals surface area contributed by atoms with Crippen LogP contribution in [0.4, 0.5) is 0 Å². The third-order valence-corrected chi connectivity index (χ3v) is 7.77. The van der Waals surface area contributed by atoms with Crippen LogP contribution in [0, 0.1) is 0 Å². The van der Waals surface area contributed by atoms with Gasteiger partial charge in [0.15, 0.2) is 0 Å². The number of aryl methyl sites for hydroxylation is 1. The van der Waals surface area contributed by atoms with E-state index in [1.54, 1.807) is 0 Å². The second-order valence-corrected chi connectivity index (χ2v) is 10.7. The van der Waals surface area contributed by atoms with Gasteiger partial charge in [0.2, 0.25) is 5.91 Å². The molecule has 43 heavy (non-hydrogen) atoms. The number of carbonyl (C=O) groups excluding carboxylic acids is 1. The van der Waals surface area contributed by atoms with E-state index >= 15 is 0 Å². The standard InChI is InChI=1S/C36H36N4O3/c37-32(24-27-14-5-1-6-15-27)34(41)39-33(35(42)43)23-13-22-31-25-40(26-38-31)36(28-16-7-2-8-17-28,29-18-9-3-10-19-29)30-20-11-4-12-21-30/h1-12,14-21,25-26,32-33H,13,22-24,37H2,(H,39,41)(H,42,43). The highest BCUT2D eigenvalue weighted by Crippen LogP contribution is 2.40. The number of aliphatic carboxylic acids is 1. The van der Waals surface area contributed by atoms with Crippen LogP contribution in [0.15, 0.2) is 134 Å². The fourth-order valence-corrected chi connectivity index (χ4v) is 5.65. The SMILES string of the molecule is NC(Cc1ccccc1)C(=O)NC(CCCc1cn(C(c2ccccc2)(c2ccccc2)c2ccccc2)cn1)C(=O)O. The summed E-state index contributed by atoms with van der Waals surface area (Å²) in [5.74, 6) is -1.55. The summed E-state index contributed by atoms with van der Waals surface area (Å²) < 4.78 is 2.14. The first-order chi connectivity index (χ1) is 21.0. The van der Waals surface area contributed by atoms with E-state index in [0.29, 0.717) is 19.3 Å². The van der Waals surface area contributed by atoms with Crippen molar-refractivity contribution in [3.63, 3.8) is 0 Å². The minimum absolute atomic E-state index is 0.257. The number of hydrogen-bond acceptors (Lipinski definition) is 4. The number of hydrogen-bond donors (Lipinski definition) is 3. The normalized spacial score (nSPS) is 12.8. The Hall–Kier alpha value is -5.01. The highest BCUT2D eigenvalue weighted by Gasteiger charge is 2.38. The van der Waals surface area contributed by atoms with Crippen molar-refractivity contribution in [2.75, 3.05) is 0 Å². The van der Waals surface area contributed by atoms with Crippen LogP contribution in [0.3, 0.4) is 0 Å². The number of carboxylic acids is 1. The summed E-state index contributed by atoms with van der Waals surface area (Å²) in [6.07, 6.45) is 5.56. The maximum absolute atomic E-state index is 12.7. The highest BCUT2D eigenvalue weighted by atomic mass is 16.4. The van der Waals surface area contributed by atoms with E-state index in [2.05, 4.69) is 46.3 Å². The van der Waals surface area contributed by atoms with Gasteiger partial charge in [-0.3, -0.25) is 4.79 Å². The first-order valence-electron chi connectivity index (χ1n) is 14.5. The Morgan fingerprint density at radius 2 is 1.28 bits per heavy atom. The number of nitrogens with one attached hydrogen (secondary N) is 1. The van der Waals surface area contributed by atoms with Gasteiger partial charge in [-0.25, -0.2) is 9.78 Å². The Bertz CT molecular complexity index is 1510. The number of imidazole rings is 1. The molecule has 0 spiro atoms. The molecule has 4 aromatic carbocycles. The lowest BCUT2D eigenvalue weighted by Gasteiger charge is -2.37. The molecule has 0 aliphatic carbocycles. The fourth-order valence-electron chi connectivity index (χ4n) is 5.65. The molecule has 218 valence electrons. The van der Waals surface area contributed by atoms with Gasteiger partial charge < -0.3 is 20.7 Å². The Kier molecular flexibility index (Phi) is 9.44. The Balaban J connectivity index is 1.34. The summed E-state index contributed by atoms with van der Waals surface area (Å²) in [7, 11) is 0. The maximum atomic E-state index is 12.7. The lowest BCUT2D eigenvalue weighted by molar-refractivity contribution is -0.142. The summed E-state index contributed by atoms with van der Waals surface area (Å²) in [5.41, 5.74) is 10.5. The number of rotatable bonds is 13. The van der Waals surface area contributed by atoms with Gasteiger partial charge in [-0.05, 0) is 47.9 Å². The molecule has 1 aromatic heterocycles. The molecule has 2 unspecified atom stereocenters. The summed E-state index contributed by atoms with van der Waals surface area (Å²) >= 11 is 0. The molecule has 5 aromatic rings. The van der Waals surface area contributed by atoms with Gasteiger partial charge in [-0.2, -0.15) is 0 Å². The van der Waals surface area contributed by atoms with Crippen molar-refractivity contribution in [3.05, 3.63) is 162 Å². The predicted molar refractivity (Wildman–Crippen MR) is 167 cm³/mol. The molecule has 7 heteroatoms. The van der Waals surface area contributed by atoms with Crippen molar-refractivity contribution in [2.45, 2.75) is 43.3 Å². The third kappa shape index (κ3) is 6.74. The van der Waals surface area contributed by atoms with Crippen molar-refractivity contribution in [3.8, 4) is 0 Å². The first kappa shape index (κ1) is 29.5. The largest absolute Gasteiger partial charge is 0.480 e. The lowest BCUT2D eigenvalue weighted by atomic mass is 9.77. The second kappa shape index (κ2) is 13.8. The van der Waals surface area contributed by atoms with E-state index in [0.717, 1.165) is 27.9 Å². The van der Waals surface area contributed by atoms with E-state index in [9.17, 15) is 14.7 Å². The molecular weight excluding hydrogens is 536 g/mol. The zero-order chi connectivity index (χ0) is 30.1. The minimum Gasteiger partial charge on any atom is -0.480 e. The molecule has 0 aliphatic rings. The number of nitrogens with two attached hydrogens (primary N) is 1. The van der Waals surface area contributed by atoms with Crippen LogP contribution in [0.2, 0.25) is 0 Å². The zero-order valence-corrected chi connectivity index (χ0v) is 23.9. The van der Waals surface area contributed by atoms with Gasteiger partial charge in [-0.1, -0.05) is 121 Å². The number of carboxylic acid groups (broad SMARTS) is 1. The van der Waals surface area contributed by atoms with Crippen molar-refractivity contribution in [2.24, 2.45) is 5.73 Å². The molecule has 0 bridgehead atoms. The van der Waals surface area contributed by atoms with Crippen LogP contribution in [-0.4, -0.2) is 38.6 Å². The minimum atomic E-state index is -1.08. The number of carbonyl (C=O) groups is 2. The molecule has 1 heterocycles. The summed E-state index contributed by atoms with van der Waals surface area (Å²) in [4.78, 5) is 29.4. The van der Waals surface area contributed by atoms with E-state index < -0.39 is 29.5 Å². The van der Waals surface area contributed by atoms with Gasteiger partial charge >= 0.3 is 5.97 Å². The Morgan fingerprint density at radius 1 is 0.791 bits per heavy atom. The molecule has 5 rings (SSSR count). The number of nitrogens with zero attached hydrogens (tertiary/aromatic N) is 2. The Morgan fingerprint density at radius 3 is 1.77 bits per heavy atom. The quantitative estimate of drug-likeness (QED) is 0.168. The topological polar surface area (TPSA) is 110 Å². The number of benzene rings is 4. The van der Waals surface area contributed by atoms with Gasteiger partial charge in [0.1, 0.15) is 11.6 Å². The second-order valence-electron chi connectivity index (χ2n) is 10.7. The van der Waals surface area contributed by atoms with Crippen LogP contribution in [0.5, 0.6) is 0 Å². The van der Waals surface area contributed by atoms with Crippen molar-refractivity contribution in [1.29, 1.82) is 0 Å². The van der Waals surface area contributed by atoms with Crippen LogP contribution in [0.1, 0.15) is 40.8 Å². The molecule has 0 radical (unpaired) electrons. The fraction of sp³-hybridized carbons (Fsp3) is 0.194. The van der Waals surface area contributed by atoms with E-state index in [1.807, 2.05) is 97.5 Å². The molecule has 7 nitrogen and oxygen atoms in total. The average molecular weight is 573 g/mol. The monoisotopic (exact) mass is 572 g/mol. The summed E-state index contributed by atoms with van der Waals surface area (Å²) in [6.45, 7) is 0. The number of aromatic nitrogens is 2. The van der Waals surface area contributed by atoms with E-state index in [1.165, 1.54) is 0 Å². The maximum Gasteiger partial charge on any atom is 0.326 e. The van der Waals surface area contributed by atoms with Crippen molar-refractivity contribution >= 4 is 11.9 Å². The number of amides is 1. The van der Waals surface area contributed by atoms with Gasteiger partial charge in [0.25, 0.3) is 0 Å². The van der Waals surface area contributed by atoms with E-state index in [4.69, 9.17) is 10.7 Å². The predicted octanol–water partition coefficient (Wildman–Crippen LogP) is 5.19. The van der Waals surface area contributed by atoms with Gasteiger partial charge in [0.05, 0.1) is 18.1 Å². The third-order valence-electron chi connectivity index (χ3n) is 7.77. The van der Waals surface area contributed by atoms with Gasteiger partial charge in [0, 0.05) is 6.20 Å². The molecule has 0 fully saturated rings. The van der Waals surface area contributed by atoms with Crippen molar-refractivity contribution < 1.29 is 14.7 Å². The average Bonchev–Trinajstić information content (AvgIpc) is 3.52. The molecule has 1 amide bonds. The van der Waals surface area contributed by atoms with Crippen LogP contribution < -0.4 is 11.1 Å². The molecular formula is C36H36N4O3. The zero-order valence-electron chi connectivity index (χ0n) is 23.9. The summed E-state index contributed by atoms with van der Waals surface area (Å²) in [6, 6.07) is 38.6. The smallest absolute Gasteiger partial charge is 0.326 e. The van der Waals surface area contributed by atoms with E-state index in [-0.39, 0.29) is 6.42 Å². The molecule has 2 atom stereocenters.